The fourth-order valence-electron chi connectivity index (χ4n) is 2.49. The van der Waals surface area contributed by atoms with E-state index in [0.717, 1.165) is 7.11 Å². The maximum Gasteiger partial charge on any atom is 0.308 e. The molecule has 2 atom stereocenters. The Morgan fingerprint density at radius 3 is 2.03 bits per heavy atom. The van der Waals surface area contributed by atoms with Crippen molar-refractivity contribution in [2.45, 2.75) is 45.7 Å². The predicted octanol–water partition coefficient (Wildman–Crippen LogP) is 1.79. The summed E-state index contributed by atoms with van der Waals surface area (Å²) in [6.07, 6.45) is -0.574. The van der Waals surface area contributed by atoms with Crippen LogP contribution in [0.25, 0.3) is 0 Å². The zero-order chi connectivity index (χ0) is 24.6. The molecule has 12 heteroatoms. The van der Waals surface area contributed by atoms with Crippen LogP contribution in [0.4, 0.5) is 17.6 Å². The summed E-state index contributed by atoms with van der Waals surface area (Å²) in [4.78, 5) is 48.4. The van der Waals surface area contributed by atoms with Crippen molar-refractivity contribution in [2.75, 3.05) is 13.7 Å². The van der Waals surface area contributed by atoms with Crippen LogP contribution in [0.1, 0.15) is 33.6 Å². The molecule has 32 heavy (non-hydrogen) atoms. The highest BCUT2D eigenvalue weighted by Gasteiger charge is 2.31. The highest BCUT2D eigenvalue weighted by atomic mass is 19.2. The van der Waals surface area contributed by atoms with Crippen molar-refractivity contribution in [3.63, 3.8) is 0 Å². The summed E-state index contributed by atoms with van der Waals surface area (Å²) in [7, 11) is 1.03. The molecular formula is C20H24F4N2O6. The van der Waals surface area contributed by atoms with Gasteiger partial charge >= 0.3 is 5.97 Å². The Morgan fingerprint density at radius 1 is 1.00 bits per heavy atom. The number of halogens is 4. The van der Waals surface area contributed by atoms with Gasteiger partial charge in [0.1, 0.15) is 18.7 Å². The zero-order valence-electron chi connectivity index (χ0n) is 17.9. The molecule has 0 heterocycles. The van der Waals surface area contributed by atoms with Crippen LogP contribution < -0.4 is 15.4 Å². The Hall–Kier alpha value is -3.18. The number of hydrogen-bond acceptors (Lipinski definition) is 6. The number of nitrogens with one attached hydrogen (secondary N) is 2. The molecule has 1 aromatic rings. The third-order valence-corrected chi connectivity index (χ3v) is 4.32. The van der Waals surface area contributed by atoms with Crippen LogP contribution in [0.3, 0.4) is 0 Å². The average Bonchev–Trinajstić information content (AvgIpc) is 2.74. The molecule has 0 fully saturated rings. The van der Waals surface area contributed by atoms with E-state index in [9.17, 15) is 36.7 Å². The van der Waals surface area contributed by atoms with E-state index in [-0.39, 0.29) is 12.5 Å². The van der Waals surface area contributed by atoms with Crippen LogP contribution in [0.2, 0.25) is 0 Å². The lowest BCUT2D eigenvalue weighted by molar-refractivity contribution is -0.144. The van der Waals surface area contributed by atoms with Crippen molar-refractivity contribution in [1.82, 2.24) is 10.6 Å². The number of methoxy groups -OCH3 is 1. The minimum atomic E-state index is -1.85. The lowest BCUT2D eigenvalue weighted by Crippen LogP contribution is -2.54. The molecule has 8 nitrogen and oxygen atoms in total. The van der Waals surface area contributed by atoms with Crippen molar-refractivity contribution in [1.29, 1.82) is 0 Å². The maximum atomic E-state index is 13.7. The van der Waals surface area contributed by atoms with Gasteiger partial charge < -0.3 is 20.1 Å². The summed E-state index contributed by atoms with van der Waals surface area (Å²) in [5, 5.41) is 4.73. The second-order valence-corrected chi connectivity index (χ2v) is 7.04. The van der Waals surface area contributed by atoms with Crippen molar-refractivity contribution in [3.8, 4) is 5.75 Å². The lowest BCUT2D eigenvalue weighted by atomic mass is 10.0. The van der Waals surface area contributed by atoms with Gasteiger partial charge in [-0.3, -0.25) is 19.2 Å². The van der Waals surface area contributed by atoms with Gasteiger partial charge in [0, 0.05) is 12.5 Å². The molecule has 0 aliphatic rings. The van der Waals surface area contributed by atoms with Gasteiger partial charge in [-0.25, -0.2) is 8.78 Å². The Balaban J connectivity index is 3.04. The summed E-state index contributed by atoms with van der Waals surface area (Å²) in [5.74, 6) is -12.2. The third-order valence-electron chi connectivity index (χ3n) is 4.32. The van der Waals surface area contributed by atoms with Crippen LogP contribution in [0, 0.1) is 29.2 Å². The van der Waals surface area contributed by atoms with E-state index in [1.54, 1.807) is 20.8 Å². The van der Waals surface area contributed by atoms with Gasteiger partial charge in [-0.05, 0) is 5.92 Å². The van der Waals surface area contributed by atoms with Crippen molar-refractivity contribution in [2.24, 2.45) is 5.92 Å². The Bertz CT molecular complexity index is 852. The summed E-state index contributed by atoms with van der Waals surface area (Å²) < 4.78 is 63.1. The van der Waals surface area contributed by atoms with E-state index < -0.39 is 83.6 Å². The van der Waals surface area contributed by atoms with E-state index >= 15 is 0 Å². The molecule has 0 saturated heterocycles. The first kappa shape index (κ1) is 26.9. The Morgan fingerprint density at radius 2 is 1.56 bits per heavy atom. The summed E-state index contributed by atoms with van der Waals surface area (Å²) >= 11 is 0. The molecule has 0 radical (unpaired) electrons. The highest BCUT2D eigenvalue weighted by molar-refractivity contribution is 5.95. The van der Waals surface area contributed by atoms with Gasteiger partial charge in [-0.2, -0.15) is 8.78 Å². The molecule has 1 aromatic carbocycles. The number of ether oxygens (including phenoxy) is 2. The quantitative estimate of drug-likeness (QED) is 0.294. The predicted molar refractivity (Wildman–Crippen MR) is 102 cm³/mol. The highest BCUT2D eigenvalue weighted by Crippen LogP contribution is 2.26. The summed E-state index contributed by atoms with van der Waals surface area (Å²) in [6, 6.07) is -2.65. The van der Waals surface area contributed by atoms with Crippen LogP contribution in [0.15, 0.2) is 6.07 Å². The minimum Gasteiger partial charge on any atom is -0.479 e. The SMILES string of the molecule is CCC(=O)NC(C(=O)NC(CC(=O)OC)C(=O)COc1c(F)c(F)cc(F)c1F)C(C)C. The topological polar surface area (TPSA) is 111 Å². The van der Waals surface area contributed by atoms with Crippen LogP contribution in [0.5, 0.6) is 5.75 Å². The Labute approximate surface area is 181 Å². The number of carbonyl (C=O) groups excluding carboxylic acids is 4. The average molecular weight is 464 g/mol. The number of carbonyl (C=O) groups is 4. The lowest BCUT2D eigenvalue weighted by Gasteiger charge is -2.24. The molecular weight excluding hydrogens is 440 g/mol. The van der Waals surface area contributed by atoms with Crippen LogP contribution >= 0.6 is 0 Å². The molecule has 0 aromatic heterocycles. The molecule has 1 rings (SSSR count). The fraction of sp³-hybridized carbons (Fsp3) is 0.500. The van der Waals surface area contributed by atoms with Crippen LogP contribution in [-0.2, 0) is 23.9 Å². The van der Waals surface area contributed by atoms with E-state index in [2.05, 4.69) is 20.1 Å². The standard InChI is InChI=1S/C20H24F4N2O6/c1-5-14(28)26-18(9(2)3)20(30)25-12(7-15(29)31-4)13(27)8-32-19-16(23)10(21)6-11(22)17(19)24/h6,9,12,18H,5,7-8H2,1-4H3,(H,25,30)(H,26,28). The van der Waals surface area contributed by atoms with Crippen molar-refractivity contribution in [3.05, 3.63) is 29.3 Å². The number of benzene rings is 1. The molecule has 178 valence electrons. The number of ketones is 1. The van der Waals surface area contributed by atoms with Gasteiger partial charge in [-0.1, -0.05) is 20.8 Å². The number of rotatable bonds is 11. The third kappa shape index (κ3) is 7.20. The zero-order valence-corrected chi connectivity index (χ0v) is 17.9. The Kier molecular flexibility index (Phi) is 10.1. The molecule has 0 aliphatic heterocycles. The normalized spacial score (nSPS) is 12.7. The monoisotopic (exact) mass is 464 g/mol. The fourth-order valence-corrected chi connectivity index (χ4v) is 2.49. The van der Waals surface area contributed by atoms with Crippen molar-refractivity contribution >= 4 is 23.6 Å². The first-order chi connectivity index (χ1) is 14.9. The van der Waals surface area contributed by atoms with Gasteiger partial charge in [0.25, 0.3) is 0 Å². The summed E-state index contributed by atoms with van der Waals surface area (Å²) in [5.41, 5.74) is 0. The van der Waals surface area contributed by atoms with E-state index in [1.165, 1.54) is 0 Å². The largest absolute Gasteiger partial charge is 0.479 e. The smallest absolute Gasteiger partial charge is 0.308 e. The molecule has 0 bridgehead atoms. The summed E-state index contributed by atoms with van der Waals surface area (Å²) in [6.45, 7) is 3.69. The molecule has 0 saturated carbocycles. The van der Waals surface area contributed by atoms with E-state index in [0.29, 0.717) is 0 Å². The van der Waals surface area contributed by atoms with Crippen LogP contribution in [-0.4, -0.2) is 49.4 Å². The van der Waals surface area contributed by atoms with Gasteiger partial charge in [-0.15, -0.1) is 0 Å². The second-order valence-electron chi connectivity index (χ2n) is 7.04. The first-order valence-electron chi connectivity index (χ1n) is 9.57. The van der Waals surface area contributed by atoms with E-state index in [1.807, 2.05) is 0 Å². The molecule has 0 aliphatic carbocycles. The molecule has 2 amide bonds. The second kappa shape index (κ2) is 12.0. The van der Waals surface area contributed by atoms with E-state index in [4.69, 9.17) is 0 Å². The number of Topliss-reactive ketones (excluding diaryl/α,β-unsaturated/α-hetero) is 1. The number of esters is 1. The van der Waals surface area contributed by atoms with Crippen molar-refractivity contribution < 1.29 is 46.2 Å². The maximum absolute atomic E-state index is 13.7. The molecule has 2 unspecified atom stereocenters. The number of amides is 2. The number of hydrogen-bond donors (Lipinski definition) is 2. The van der Waals surface area contributed by atoms with Gasteiger partial charge in [0.05, 0.1) is 13.5 Å². The van der Waals surface area contributed by atoms with Gasteiger partial charge in [0.2, 0.25) is 23.4 Å². The molecule has 2 N–H and O–H groups in total. The first-order valence-corrected chi connectivity index (χ1v) is 9.57. The minimum absolute atomic E-state index is 0.0315. The van der Waals surface area contributed by atoms with Gasteiger partial charge in [0.15, 0.2) is 23.2 Å². The molecule has 0 spiro atoms.